The first-order chi connectivity index (χ1) is 11.1. The lowest BCUT2D eigenvalue weighted by molar-refractivity contribution is -0.914. The van der Waals surface area contributed by atoms with Gasteiger partial charge >= 0.3 is 6.03 Å². The average Bonchev–Trinajstić information content (AvgIpc) is 2.53. The smallest absolute Gasteiger partial charge is 0.319 e. The standard InChI is InChI=1S/C17H27N3O3/c1-13(2)11-20-8-9-23-14(12-20)10-18-17(21)19-15-6-4-5-7-16(15)22-3/h4-7,13-14H,8-12H2,1-3H3,(H2,18,19,21)/p+1/t14-/m0/s1. The molecular formula is C17H28N3O3+. The maximum absolute atomic E-state index is 12.0. The minimum absolute atomic E-state index is 0.0703. The lowest BCUT2D eigenvalue weighted by Gasteiger charge is -2.31. The fraction of sp³-hybridized carbons (Fsp3) is 0.588. The van der Waals surface area contributed by atoms with E-state index in [4.69, 9.17) is 9.47 Å². The zero-order valence-electron chi connectivity index (χ0n) is 14.2. The van der Waals surface area contributed by atoms with Crippen LogP contribution >= 0.6 is 0 Å². The second-order valence-corrected chi connectivity index (χ2v) is 6.33. The molecule has 1 aliphatic heterocycles. The van der Waals surface area contributed by atoms with Crippen LogP contribution in [0, 0.1) is 5.92 Å². The summed E-state index contributed by atoms with van der Waals surface area (Å²) in [6.07, 6.45) is 0.0703. The van der Waals surface area contributed by atoms with Crippen LogP contribution in [0.2, 0.25) is 0 Å². The Hall–Kier alpha value is -1.79. The fourth-order valence-electron chi connectivity index (χ4n) is 2.87. The molecule has 0 saturated carbocycles. The van der Waals surface area contributed by atoms with Gasteiger partial charge in [-0.25, -0.2) is 4.79 Å². The van der Waals surface area contributed by atoms with E-state index in [2.05, 4.69) is 24.5 Å². The third kappa shape index (κ3) is 5.73. The van der Waals surface area contributed by atoms with Crippen molar-refractivity contribution in [2.45, 2.75) is 20.0 Å². The van der Waals surface area contributed by atoms with E-state index in [-0.39, 0.29) is 12.1 Å². The van der Waals surface area contributed by atoms with Gasteiger partial charge < -0.3 is 25.0 Å². The first kappa shape index (κ1) is 17.6. The molecule has 2 amide bonds. The van der Waals surface area contributed by atoms with Gasteiger partial charge in [0.2, 0.25) is 0 Å². The monoisotopic (exact) mass is 322 g/mol. The Morgan fingerprint density at radius 1 is 1.43 bits per heavy atom. The van der Waals surface area contributed by atoms with Crippen molar-refractivity contribution in [3.63, 3.8) is 0 Å². The van der Waals surface area contributed by atoms with Crippen LogP contribution in [-0.2, 0) is 4.74 Å². The summed E-state index contributed by atoms with van der Waals surface area (Å²) >= 11 is 0. The number of urea groups is 1. The zero-order valence-corrected chi connectivity index (χ0v) is 14.2. The molecule has 0 bridgehead atoms. The molecule has 1 saturated heterocycles. The van der Waals surface area contributed by atoms with Gasteiger partial charge in [-0.2, -0.15) is 0 Å². The number of benzene rings is 1. The highest BCUT2D eigenvalue weighted by Gasteiger charge is 2.24. The van der Waals surface area contributed by atoms with Crippen LogP contribution in [0.1, 0.15) is 13.8 Å². The quantitative estimate of drug-likeness (QED) is 0.724. The van der Waals surface area contributed by atoms with Gasteiger partial charge in [0.15, 0.2) is 0 Å². The van der Waals surface area contributed by atoms with Crippen molar-refractivity contribution < 1.29 is 19.2 Å². The first-order valence-corrected chi connectivity index (χ1v) is 8.21. The van der Waals surface area contributed by atoms with Crippen molar-refractivity contribution in [2.24, 2.45) is 5.92 Å². The van der Waals surface area contributed by atoms with Crippen LogP contribution in [-0.4, -0.2) is 52.0 Å². The summed E-state index contributed by atoms with van der Waals surface area (Å²) in [5, 5.41) is 5.69. The van der Waals surface area contributed by atoms with E-state index in [1.807, 2.05) is 24.3 Å². The zero-order chi connectivity index (χ0) is 16.7. The maximum atomic E-state index is 12.0. The Balaban J connectivity index is 1.77. The van der Waals surface area contributed by atoms with Crippen LogP contribution in [0.15, 0.2) is 24.3 Å². The Morgan fingerprint density at radius 3 is 2.96 bits per heavy atom. The van der Waals surface area contributed by atoms with Gasteiger partial charge in [0.25, 0.3) is 0 Å². The minimum Gasteiger partial charge on any atom is -0.495 e. The molecule has 23 heavy (non-hydrogen) atoms. The molecule has 1 unspecified atom stereocenters. The molecule has 1 aromatic carbocycles. The summed E-state index contributed by atoms with van der Waals surface area (Å²) in [4.78, 5) is 13.6. The van der Waals surface area contributed by atoms with Crippen LogP contribution in [0.4, 0.5) is 10.5 Å². The number of rotatable bonds is 6. The van der Waals surface area contributed by atoms with Crippen molar-refractivity contribution in [1.82, 2.24) is 5.32 Å². The molecule has 1 aromatic rings. The van der Waals surface area contributed by atoms with Crippen molar-refractivity contribution in [3.05, 3.63) is 24.3 Å². The third-order valence-corrected chi connectivity index (χ3v) is 3.87. The molecule has 0 spiro atoms. The van der Waals surface area contributed by atoms with E-state index in [0.717, 1.165) is 26.2 Å². The van der Waals surface area contributed by atoms with Crippen molar-refractivity contribution in [1.29, 1.82) is 0 Å². The number of hydrogen-bond acceptors (Lipinski definition) is 3. The summed E-state index contributed by atoms with van der Waals surface area (Å²) in [6.45, 7) is 8.86. The van der Waals surface area contributed by atoms with E-state index < -0.39 is 0 Å². The van der Waals surface area contributed by atoms with Gasteiger partial charge in [-0.15, -0.1) is 0 Å². The number of para-hydroxylation sites is 2. The highest BCUT2D eigenvalue weighted by molar-refractivity contribution is 5.90. The molecule has 2 atom stereocenters. The number of carbonyl (C=O) groups is 1. The molecule has 6 heteroatoms. The predicted molar refractivity (Wildman–Crippen MR) is 90.2 cm³/mol. The van der Waals surface area contributed by atoms with Crippen LogP contribution in [0.5, 0.6) is 5.75 Å². The highest BCUT2D eigenvalue weighted by Crippen LogP contribution is 2.22. The van der Waals surface area contributed by atoms with Crippen molar-refractivity contribution in [2.75, 3.05) is 45.2 Å². The van der Waals surface area contributed by atoms with E-state index in [1.165, 1.54) is 0 Å². The Labute approximate surface area is 138 Å². The van der Waals surface area contributed by atoms with Crippen molar-refractivity contribution in [3.8, 4) is 5.75 Å². The lowest BCUT2D eigenvalue weighted by Crippen LogP contribution is -3.15. The molecule has 1 aliphatic rings. The number of quaternary nitrogens is 1. The van der Waals surface area contributed by atoms with Gasteiger partial charge in [-0.3, -0.25) is 0 Å². The number of ether oxygens (including phenoxy) is 2. The third-order valence-electron chi connectivity index (χ3n) is 3.87. The second-order valence-electron chi connectivity index (χ2n) is 6.33. The van der Waals surface area contributed by atoms with Gasteiger partial charge in [-0.05, 0) is 12.1 Å². The Morgan fingerprint density at radius 2 is 2.22 bits per heavy atom. The first-order valence-electron chi connectivity index (χ1n) is 8.21. The molecule has 6 nitrogen and oxygen atoms in total. The van der Waals surface area contributed by atoms with E-state index in [0.29, 0.717) is 23.9 Å². The van der Waals surface area contributed by atoms with Gasteiger partial charge in [0.1, 0.15) is 24.9 Å². The molecular weight excluding hydrogens is 294 g/mol. The molecule has 0 aliphatic carbocycles. The van der Waals surface area contributed by atoms with Crippen LogP contribution in [0.3, 0.4) is 0 Å². The average molecular weight is 322 g/mol. The minimum atomic E-state index is -0.242. The fourth-order valence-corrected chi connectivity index (χ4v) is 2.87. The second kappa shape index (κ2) is 8.74. The summed E-state index contributed by atoms with van der Waals surface area (Å²) < 4.78 is 11.0. The van der Waals surface area contributed by atoms with Gasteiger partial charge in [0, 0.05) is 5.92 Å². The van der Waals surface area contributed by atoms with Crippen LogP contribution in [0.25, 0.3) is 0 Å². The maximum Gasteiger partial charge on any atom is 0.319 e. The summed E-state index contributed by atoms with van der Waals surface area (Å²) in [6, 6.07) is 7.10. The topological polar surface area (TPSA) is 64.0 Å². The molecule has 1 fully saturated rings. The Bertz CT molecular complexity index is 508. The number of nitrogens with one attached hydrogen (secondary N) is 3. The molecule has 128 valence electrons. The highest BCUT2D eigenvalue weighted by atomic mass is 16.5. The predicted octanol–water partition coefficient (Wildman–Crippen LogP) is 0.756. The lowest BCUT2D eigenvalue weighted by atomic mass is 10.2. The van der Waals surface area contributed by atoms with Gasteiger partial charge in [0.05, 0.1) is 32.5 Å². The summed E-state index contributed by atoms with van der Waals surface area (Å²) in [5.74, 6) is 1.31. The number of morpholine rings is 1. The molecule has 2 rings (SSSR count). The number of carbonyl (C=O) groups excluding carboxylic acids is 1. The summed E-state index contributed by atoms with van der Waals surface area (Å²) in [5.41, 5.74) is 0.657. The van der Waals surface area contributed by atoms with Crippen molar-refractivity contribution >= 4 is 11.7 Å². The number of amides is 2. The SMILES string of the molecule is COc1ccccc1NC(=O)NC[C@H]1C[NH+](CC(C)C)CCO1. The van der Waals surface area contributed by atoms with Crippen LogP contribution < -0.4 is 20.3 Å². The van der Waals surface area contributed by atoms with Gasteiger partial charge in [-0.1, -0.05) is 26.0 Å². The van der Waals surface area contributed by atoms with E-state index in [9.17, 15) is 4.79 Å². The number of methoxy groups -OCH3 is 1. The van der Waals surface area contributed by atoms with E-state index >= 15 is 0 Å². The normalized spacial score (nSPS) is 21.0. The molecule has 1 heterocycles. The van der Waals surface area contributed by atoms with E-state index in [1.54, 1.807) is 12.0 Å². The molecule has 3 N–H and O–H groups in total. The number of hydrogen-bond donors (Lipinski definition) is 3. The molecule has 0 radical (unpaired) electrons. The largest absolute Gasteiger partial charge is 0.495 e. The number of anilines is 1. The molecule has 0 aromatic heterocycles. The summed E-state index contributed by atoms with van der Waals surface area (Å²) in [7, 11) is 1.58. The Kier molecular flexibility index (Phi) is 6.67.